The van der Waals surface area contributed by atoms with Crippen molar-refractivity contribution in [1.29, 1.82) is 0 Å². The molecular weight excluding hydrogens is 196 g/mol. The van der Waals surface area contributed by atoms with Gasteiger partial charge in [0.05, 0.1) is 5.69 Å². The smallest absolute Gasteiger partial charge is 0.228 e. The number of anilines is 1. The van der Waals surface area contributed by atoms with Crippen molar-refractivity contribution in [2.24, 2.45) is 5.92 Å². The largest absolute Gasteiger partial charge is 0.301 e. The van der Waals surface area contributed by atoms with Gasteiger partial charge in [-0.15, -0.1) is 12.3 Å². The molecule has 1 fully saturated rings. The fourth-order valence-electron chi connectivity index (χ4n) is 1.51. The molecular formula is C10H10N2OS. The summed E-state index contributed by atoms with van der Waals surface area (Å²) in [5, 5.41) is 0.908. The highest BCUT2D eigenvalue weighted by Crippen LogP contribution is 2.28. The lowest BCUT2D eigenvalue weighted by Gasteiger charge is -2.11. The Hall–Kier alpha value is -1.34. The maximum absolute atomic E-state index is 11.6. The van der Waals surface area contributed by atoms with Gasteiger partial charge in [0.15, 0.2) is 0 Å². The molecule has 3 nitrogen and oxygen atoms in total. The van der Waals surface area contributed by atoms with E-state index in [-0.39, 0.29) is 11.8 Å². The third kappa shape index (κ3) is 1.51. The molecule has 2 rings (SSSR count). The fourth-order valence-corrected chi connectivity index (χ4v) is 2.30. The van der Waals surface area contributed by atoms with E-state index in [0.29, 0.717) is 13.0 Å². The quantitative estimate of drug-likeness (QED) is 0.651. The summed E-state index contributed by atoms with van der Waals surface area (Å²) in [6.45, 7) is 2.55. The van der Waals surface area contributed by atoms with Crippen LogP contribution in [0.4, 0.5) is 5.00 Å². The van der Waals surface area contributed by atoms with E-state index in [9.17, 15) is 4.79 Å². The Labute approximate surface area is 86.9 Å². The zero-order valence-corrected chi connectivity index (χ0v) is 8.67. The number of hydrogen-bond acceptors (Lipinski definition) is 3. The average Bonchev–Trinajstić information content (AvgIpc) is 2.71. The summed E-state index contributed by atoms with van der Waals surface area (Å²) in [4.78, 5) is 13.3. The van der Waals surface area contributed by atoms with Gasteiger partial charge in [-0.2, -0.15) is 4.37 Å². The maximum Gasteiger partial charge on any atom is 0.228 e. The maximum atomic E-state index is 11.6. The van der Waals surface area contributed by atoms with E-state index < -0.39 is 0 Å². The molecule has 2 heterocycles. The van der Waals surface area contributed by atoms with E-state index in [1.165, 1.54) is 11.5 Å². The van der Waals surface area contributed by atoms with Crippen LogP contribution in [0.25, 0.3) is 0 Å². The number of carbonyl (C=O) groups is 1. The standard InChI is InChI=1S/C10H10N2OS/c1-3-8-5-9(13)12(6-8)10-4-7(2)11-14-10/h1,4,8H,5-6H2,2H3. The summed E-state index contributed by atoms with van der Waals surface area (Å²) in [6, 6.07) is 1.92. The minimum absolute atomic E-state index is 0.0601. The minimum atomic E-state index is 0.0601. The van der Waals surface area contributed by atoms with E-state index >= 15 is 0 Å². The third-order valence-electron chi connectivity index (χ3n) is 2.24. The molecule has 0 spiro atoms. The average molecular weight is 206 g/mol. The van der Waals surface area contributed by atoms with Crippen LogP contribution in [0.2, 0.25) is 0 Å². The summed E-state index contributed by atoms with van der Waals surface area (Å²) >= 11 is 1.35. The van der Waals surface area contributed by atoms with E-state index in [1.807, 2.05) is 13.0 Å². The first-order valence-corrected chi connectivity index (χ1v) is 5.18. The van der Waals surface area contributed by atoms with E-state index in [2.05, 4.69) is 10.3 Å². The van der Waals surface area contributed by atoms with Crippen LogP contribution >= 0.6 is 11.5 Å². The molecule has 0 saturated carbocycles. The van der Waals surface area contributed by atoms with E-state index in [1.54, 1.807) is 4.90 Å². The third-order valence-corrected chi connectivity index (χ3v) is 3.15. The molecule has 1 unspecified atom stereocenters. The van der Waals surface area contributed by atoms with Crippen molar-refractivity contribution in [1.82, 2.24) is 4.37 Å². The zero-order chi connectivity index (χ0) is 10.1. The number of carbonyl (C=O) groups excluding carboxylic acids is 1. The highest BCUT2D eigenvalue weighted by Gasteiger charge is 2.30. The first kappa shape index (κ1) is 9.22. The van der Waals surface area contributed by atoms with Crippen molar-refractivity contribution in [2.45, 2.75) is 13.3 Å². The SMILES string of the molecule is C#CC1CC(=O)N(c2cc(C)ns2)C1. The first-order valence-electron chi connectivity index (χ1n) is 4.40. The monoisotopic (exact) mass is 206 g/mol. The van der Waals surface area contributed by atoms with Crippen LogP contribution in [0.15, 0.2) is 6.07 Å². The minimum Gasteiger partial charge on any atom is -0.301 e. The summed E-state index contributed by atoms with van der Waals surface area (Å²) in [6.07, 6.45) is 5.77. The highest BCUT2D eigenvalue weighted by molar-refractivity contribution is 7.10. The number of nitrogens with zero attached hydrogens (tertiary/aromatic N) is 2. The second-order valence-corrected chi connectivity index (χ2v) is 4.16. The molecule has 72 valence electrons. The van der Waals surface area contributed by atoms with Crippen molar-refractivity contribution >= 4 is 22.4 Å². The van der Waals surface area contributed by atoms with Gasteiger partial charge in [-0.1, -0.05) is 0 Å². The van der Waals surface area contributed by atoms with Gasteiger partial charge in [-0.3, -0.25) is 4.79 Å². The van der Waals surface area contributed by atoms with Crippen molar-refractivity contribution in [2.75, 3.05) is 11.4 Å². The molecule has 0 bridgehead atoms. The Morgan fingerprint density at radius 1 is 1.79 bits per heavy atom. The fraction of sp³-hybridized carbons (Fsp3) is 0.400. The van der Waals surface area contributed by atoms with E-state index in [4.69, 9.17) is 6.42 Å². The summed E-state index contributed by atoms with van der Waals surface area (Å²) in [5.74, 6) is 2.79. The molecule has 1 amide bonds. The van der Waals surface area contributed by atoms with Crippen LogP contribution in [0.3, 0.4) is 0 Å². The second kappa shape index (κ2) is 3.43. The topological polar surface area (TPSA) is 33.2 Å². The number of rotatable bonds is 1. The van der Waals surface area contributed by atoms with Gasteiger partial charge in [0.25, 0.3) is 0 Å². The van der Waals surface area contributed by atoms with Crippen LogP contribution in [-0.2, 0) is 4.79 Å². The van der Waals surface area contributed by atoms with Crippen LogP contribution in [0.5, 0.6) is 0 Å². The predicted molar refractivity (Wildman–Crippen MR) is 56.1 cm³/mol. The lowest BCUT2D eigenvalue weighted by atomic mass is 10.1. The number of amides is 1. The van der Waals surface area contributed by atoms with Gasteiger partial charge in [0.1, 0.15) is 5.00 Å². The predicted octanol–water partition coefficient (Wildman–Crippen LogP) is 1.44. The molecule has 1 aromatic heterocycles. The number of hydrogen-bond donors (Lipinski definition) is 0. The second-order valence-electron chi connectivity index (χ2n) is 3.38. The molecule has 4 heteroatoms. The van der Waals surface area contributed by atoms with Crippen molar-refractivity contribution in [3.05, 3.63) is 11.8 Å². The van der Waals surface area contributed by atoms with Gasteiger partial charge in [-0.05, 0) is 24.5 Å². The van der Waals surface area contributed by atoms with E-state index in [0.717, 1.165) is 10.7 Å². The van der Waals surface area contributed by atoms with Crippen LogP contribution < -0.4 is 4.90 Å². The van der Waals surface area contributed by atoms with Gasteiger partial charge in [0, 0.05) is 18.9 Å². The van der Waals surface area contributed by atoms with Crippen LogP contribution in [-0.4, -0.2) is 16.8 Å². The summed E-state index contributed by atoms with van der Waals surface area (Å²) in [7, 11) is 0. The molecule has 0 N–H and O–H groups in total. The molecule has 1 aliphatic heterocycles. The summed E-state index contributed by atoms with van der Waals surface area (Å²) < 4.78 is 4.14. The molecule has 0 radical (unpaired) electrons. The Kier molecular flexibility index (Phi) is 2.26. The summed E-state index contributed by atoms with van der Waals surface area (Å²) in [5.41, 5.74) is 0.946. The van der Waals surface area contributed by atoms with Crippen molar-refractivity contribution in [3.63, 3.8) is 0 Å². The lowest BCUT2D eigenvalue weighted by Crippen LogP contribution is -2.23. The Morgan fingerprint density at radius 2 is 2.57 bits per heavy atom. The van der Waals surface area contributed by atoms with Crippen molar-refractivity contribution < 1.29 is 4.79 Å². The van der Waals surface area contributed by atoms with Gasteiger partial charge in [0.2, 0.25) is 5.91 Å². The molecule has 0 aliphatic carbocycles. The van der Waals surface area contributed by atoms with Gasteiger partial charge < -0.3 is 4.90 Å². The zero-order valence-electron chi connectivity index (χ0n) is 7.86. The van der Waals surface area contributed by atoms with Gasteiger partial charge >= 0.3 is 0 Å². The molecule has 1 aliphatic rings. The number of terminal acetylenes is 1. The number of aromatic nitrogens is 1. The van der Waals surface area contributed by atoms with Crippen LogP contribution in [0.1, 0.15) is 12.1 Å². The Morgan fingerprint density at radius 3 is 3.07 bits per heavy atom. The normalized spacial score (nSPS) is 21.3. The lowest BCUT2D eigenvalue weighted by molar-refractivity contribution is -0.117. The molecule has 1 saturated heterocycles. The highest BCUT2D eigenvalue weighted by atomic mass is 32.1. The molecule has 0 aromatic carbocycles. The number of aryl methyl sites for hydroxylation is 1. The molecule has 1 atom stereocenters. The Bertz CT molecular complexity index is 404. The first-order chi connectivity index (χ1) is 6.70. The van der Waals surface area contributed by atoms with Crippen LogP contribution in [0, 0.1) is 25.2 Å². The van der Waals surface area contributed by atoms with Gasteiger partial charge in [-0.25, -0.2) is 0 Å². The van der Waals surface area contributed by atoms with Crippen molar-refractivity contribution in [3.8, 4) is 12.3 Å². The molecule has 14 heavy (non-hydrogen) atoms. The molecule has 1 aromatic rings. The Balaban J connectivity index is 2.21.